The Labute approximate surface area is 94.6 Å². The lowest BCUT2D eigenvalue weighted by atomic mass is 10.5. The van der Waals surface area contributed by atoms with Gasteiger partial charge in [0.1, 0.15) is 0 Å². The average Bonchev–Trinajstić information content (AvgIpc) is 2.56. The third-order valence-electron chi connectivity index (χ3n) is 0.825. The highest BCUT2D eigenvalue weighted by atomic mass is 32.1. The van der Waals surface area contributed by atoms with Crippen LogP contribution in [0, 0.1) is 5.41 Å². The number of carbonyl (C=O) groups excluding carboxylic acids is 1. The molecule has 1 heterocycles. The minimum atomic E-state index is -4.64. The Morgan fingerprint density at radius 1 is 1.25 bits per heavy atom. The zero-order valence-electron chi connectivity index (χ0n) is 8.41. The molecule has 0 unspecified atom stereocenters. The van der Waals surface area contributed by atoms with Crippen molar-refractivity contribution in [2.24, 2.45) is 11.5 Å². The first-order valence-electron chi connectivity index (χ1n) is 3.82. The number of nitrogens with two attached hydrogens (primary N) is 2. The molecule has 1 aromatic heterocycles. The monoisotopic (exact) mass is 255 g/mol. The summed E-state index contributed by atoms with van der Waals surface area (Å²) in [4.78, 5) is 9.34. The number of rotatable bonds is 0. The van der Waals surface area contributed by atoms with Crippen molar-refractivity contribution in [3.05, 3.63) is 22.9 Å². The van der Waals surface area contributed by atoms with Gasteiger partial charge >= 0.3 is 6.18 Å². The van der Waals surface area contributed by atoms with Crippen molar-refractivity contribution in [3.63, 3.8) is 0 Å². The maximum Gasteiger partial charge on any atom is 0.449 e. The van der Waals surface area contributed by atoms with Crippen LogP contribution in [0.3, 0.4) is 0 Å². The maximum absolute atomic E-state index is 10.8. The Morgan fingerprint density at radius 2 is 1.50 bits per heavy atom. The molecule has 0 bridgehead atoms. The van der Waals surface area contributed by atoms with Gasteiger partial charge in [-0.25, -0.2) is 0 Å². The second kappa shape index (κ2) is 8.72. The van der Waals surface area contributed by atoms with Crippen molar-refractivity contribution in [3.8, 4) is 0 Å². The van der Waals surface area contributed by atoms with Gasteiger partial charge in [0.05, 0.1) is 0 Å². The highest BCUT2D eigenvalue weighted by Crippen LogP contribution is 2.14. The Kier molecular flexibility index (Phi) is 9.18. The van der Waals surface area contributed by atoms with Gasteiger partial charge in [0, 0.05) is 6.92 Å². The van der Waals surface area contributed by atoms with Crippen molar-refractivity contribution in [1.82, 2.24) is 0 Å². The van der Waals surface area contributed by atoms with Gasteiger partial charge in [0.15, 0.2) is 5.96 Å². The normalized spacial score (nSPS) is 9.00. The van der Waals surface area contributed by atoms with Crippen LogP contribution in [-0.2, 0) is 4.79 Å². The predicted molar refractivity (Wildman–Crippen MR) is 57.2 cm³/mol. The fourth-order valence-corrected chi connectivity index (χ4v) is 0.680. The molecule has 0 aromatic carbocycles. The van der Waals surface area contributed by atoms with Crippen LogP contribution in [0.15, 0.2) is 22.9 Å². The molecule has 4 nitrogen and oxygen atoms in total. The van der Waals surface area contributed by atoms with Crippen molar-refractivity contribution < 1.29 is 18.0 Å². The van der Waals surface area contributed by atoms with Gasteiger partial charge in [-0.3, -0.25) is 10.2 Å². The van der Waals surface area contributed by atoms with Crippen LogP contribution in [0.25, 0.3) is 0 Å². The van der Waals surface area contributed by atoms with E-state index in [0.717, 1.165) is 0 Å². The van der Waals surface area contributed by atoms with E-state index in [4.69, 9.17) is 5.41 Å². The van der Waals surface area contributed by atoms with E-state index in [0.29, 0.717) is 6.92 Å². The van der Waals surface area contributed by atoms with E-state index in [2.05, 4.69) is 11.5 Å². The largest absolute Gasteiger partial charge is 0.449 e. The summed E-state index contributed by atoms with van der Waals surface area (Å²) in [5.41, 5.74) is 8.94. The SMILES string of the molecule is CC(=O)C(F)(F)F.N=C(N)N.c1ccsc1. The van der Waals surface area contributed by atoms with Crippen molar-refractivity contribution in [1.29, 1.82) is 5.41 Å². The van der Waals surface area contributed by atoms with Crippen LogP contribution >= 0.6 is 11.3 Å². The van der Waals surface area contributed by atoms with Crippen molar-refractivity contribution >= 4 is 23.1 Å². The second-order valence-electron chi connectivity index (χ2n) is 2.30. The van der Waals surface area contributed by atoms with E-state index in [-0.39, 0.29) is 5.96 Å². The molecule has 0 amide bonds. The van der Waals surface area contributed by atoms with E-state index in [1.165, 1.54) is 0 Å². The van der Waals surface area contributed by atoms with Gasteiger partial charge < -0.3 is 11.5 Å². The molecule has 0 spiro atoms. The van der Waals surface area contributed by atoms with E-state index >= 15 is 0 Å². The van der Waals surface area contributed by atoms with Crippen molar-refractivity contribution in [2.75, 3.05) is 0 Å². The molecule has 16 heavy (non-hydrogen) atoms. The zero-order valence-corrected chi connectivity index (χ0v) is 9.23. The topological polar surface area (TPSA) is 93.0 Å². The van der Waals surface area contributed by atoms with E-state index in [9.17, 15) is 18.0 Å². The van der Waals surface area contributed by atoms with Crippen LogP contribution in [0.2, 0.25) is 0 Å². The predicted octanol–water partition coefficient (Wildman–Crippen LogP) is 1.72. The molecule has 0 saturated heterocycles. The summed E-state index contributed by atoms with van der Waals surface area (Å²) in [5.74, 6) is -2.09. The molecule has 0 aliphatic carbocycles. The summed E-state index contributed by atoms with van der Waals surface area (Å²) in [7, 11) is 0. The standard InChI is InChI=1S/C4H4S.C3H3F3O.CH5N3/c1-2-4-5-3-1;1-2(7)3(4,5)6;2-1(3)4/h1-4H;1H3;(H5,2,3,4). The molecule has 1 rings (SSSR count). The number of alkyl halides is 3. The van der Waals surface area contributed by atoms with Crippen LogP contribution in [0.1, 0.15) is 6.92 Å². The van der Waals surface area contributed by atoms with Gasteiger partial charge in [-0.05, 0) is 10.8 Å². The van der Waals surface area contributed by atoms with Gasteiger partial charge in [-0.2, -0.15) is 24.5 Å². The number of halogens is 3. The molecule has 8 heteroatoms. The Balaban J connectivity index is 0. The Morgan fingerprint density at radius 3 is 1.56 bits per heavy atom. The zero-order chi connectivity index (χ0) is 13.2. The first kappa shape index (κ1) is 16.8. The Bertz CT molecular complexity index is 277. The molecule has 1 aromatic rings. The quantitative estimate of drug-likeness (QED) is 0.486. The maximum atomic E-state index is 10.8. The van der Waals surface area contributed by atoms with Gasteiger partial charge in [-0.15, -0.1) is 0 Å². The molecule has 0 fully saturated rings. The minimum absolute atomic E-state index is 0.333. The molecule has 0 radical (unpaired) electrons. The number of nitrogens with one attached hydrogen (secondary N) is 1. The highest BCUT2D eigenvalue weighted by molar-refractivity contribution is 7.07. The van der Waals surface area contributed by atoms with E-state index < -0.39 is 12.0 Å². The molecular formula is C8H12F3N3OS. The van der Waals surface area contributed by atoms with Crippen LogP contribution in [0.5, 0.6) is 0 Å². The molecule has 92 valence electrons. The lowest BCUT2D eigenvalue weighted by Crippen LogP contribution is -2.20. The van der Waals surface area contributed by atoms with Crippen molar-refractivity contribution in [2.45, 2.75) is 13.1 Å². The summed E-state index contributed by atoms with van der Waals surface area (Å²) >= 11 is 1.71. The number of thiophene rings is 1. The molecule has 0 aliphatic rings. The van der Waals surface area contributed by atoms with Crippen LogP contribution in [-0.4, -0.2) is 17.9 Å². The first-order valence-corrected chi connectivity index (χ1v) is 4.76. The lowest BCUT2D eigenvalue weighted by Gasteiger charge is -1.95. The van der Waals surface area contributed by atoms with Gasteiger partial charge in [0.2, 0.25) is 5.78 Å². The number of Topliss-reactive ketones (excluding diaryl/α,β-unsaturated/α-hetero) is 1. The van der Waals surface area contributed by atoms with Gasteiger partial charge in [-0.1, -0.05) is 12.1 Å². The molecule has 0 atom stereocenters. The summed E-state index contributed by atoms with van der Waals surface area (Å²) in [6.07, 6.45) is -4.64. The fourth-order valence-electron chi connectivity index (χ4n) is 0.227. The van der Waals surface area contributed by atoms with E-state index in [1.807, 2.05) is 22.9 Å². The summed E-state index contributed by atoms with van der Waals surface area (Å²) in [5, 5.41) is 10.1. The fraction of sp³-hybridized carbons (Fsp3) is 0.250. The van der Waals surface area contributed by atoms with E-state index in [1.54, 1.807) is 11.3 Å². The van der Waals surface area contributed by atoms with Crippen LogP contribution < -0.4 is 11.5 Å². The number of hydrogen-bond acceptors (Lipinski definition) is 3. The molecule has 5 N–H and O–H groups in total. The highest BCUT2D eigenvalue weighted by Gasteiger charge is 2.33. The second-order valence-corrected chi connectivity index (χ2v) is 3.12. The summed E-state index contributed by atoms with van der Waals surface area (Å²) in [6, 6.07) is 4.04. The smallest absolute Gasteiger partial charge is 0.370 e. The third kappa shape index (κ3) is 18.3. The summed E-state index contributed by atoms with van der Waals surface area (Å²) < 4.78 is 32.5. The molecule has 0 saturated carbocycles. The average molecular weight is 255 g/mol. The minimum Gasteiger partial charge on any atom is -0.370 e. The number of guanidine groups is 1. The number of ketones is 1. The Hall–Kier alpha value is -1.57. The first-order chi connectivity index (χ1) is 7.18. The van der Waals surface area contributed by atoms with Gasteiger partial charge in [0.25, 0.3) is 0 Å². The molecular weight excluding hydrogens is 243 g/mol. The number of hydrogen-bond donors (Lipinski definition) is 3. The summed E-state index contributed by atoms with van der Waals surface area (Å²) in [6.45, 7) is 0.486. The molecule has 0 aliphatic heterocycles. The third-order valence-corrected chi connectivity index (χ3v) is 1.45. The lowest BCUT2D eigenvalue weighted by molar-refractivity contribution is -0.168. The van der Waals surface area contributed by atoms with Crippen LogP contribution in [0.4, 0.5) is 13.2 Å². The number of carbonyl (C=O) groups is 1.